The summed E-state index contributed by atoms with van der Waals surface area (Å²) in [6.45, 7) is 3.59. The van der Waals surface area contributed by atoms with Gasteiger partial charge in [-0.25, -0.2) is 18.4 Å². The molecule has 5 aromatic rings. The van der Waals surface area contributed by atoms with Crippen molar-refractivity contribution in [1.82, 2.24) is 14.6 Å². The van der Waals surface area contributed by atoms with Crippen molar-refractivity contribution in [3.63, 3.8) is 0 Å². The maximum Gasteiger partial charge on any atom is 0.212 e. The summed E-state index contributed by atoms with van der Waals surface area (Å²) >= 11 is 5.97. The lowest BCUT2D eigenvalue weighted by atomic mass is 10.2. The summed E-state index contributed by atoms with van der Waals surface area (Å²) in [5, 5.41) is 5.06. The number of anilines is 1. The van der Waals surface area contributed by atoms with Crippen molar-refractivity contribution in [3.8, 4) is 0 Å². The fourth-order valence-corrected chi connectivity index (χ4v) is 5.72. The van der Waals surface area contributed by atoms with Crippen LogP contribution in [0.3, 0.4) is 0 Å². The molecule has 3 aromatic carbocycles. The first-order valence-corrected chi connectivity index (χ1v) is 12.3. The molecule has 2 N–H and O–H groups in total. The van der Waals surface area contributed by atoms with Crippen LogP contribution in [0, 0.1) is 13.8 Å². The van der Waals surface area contributed by atoms with Crippen LogP contribution in [0.2, 0.25) is 5.02 Å². The van der Waals surface area contributed by atoms with Gasteiger partial charge in [-0.1, -0.05) is 48.0 Å². The van der Waals surface area contributed by atoms with Crippen LogP contribution >= 0.6 is 11.6 Å². The molecule has 0 aliphatic heterocycles. The van der Waals surface area contributed by atoms with Gasteiger partial charge in [0.15, 0.2) is 5.65 Å². The minimum atomic E-state index is -4.03. The number of rotatable bonds is 4. The third-order valence-corrected chi connectivity index (χ3v) is 7.73. The van der Waals surface area contributed by atoms with E-state index in [1.165, 1.54) is 4.68 Å². The third-order valence-electron chi connectivity index (χ3n) is 5.52. The smallest absolute Gasteiger partial charge is 0.212 e. The van der Waals surface area contributed by atoms with Crippen LogP contribution in [0.4, 0.5) is 5.82 Å². The maximum absolute atomic E-state index is 13.9. The summed E-state index contributed by atoms with van der Waals surface area (Å²) in [4.78, 5) is 9.36. The molecule has 0 aliphatic carbocycles. The number of nitrogens with two attached hydrogens (primary N) is 1. The Bertz CT molecular complexity index is 1710. The normalized spacial score (nSPS) is 12.2. The molecule has 0 saturated heterocycles. The first-order chi connectivity index (χ1) is 16.3. The molecular weight excluding hydrogens is 470 g/mol. The highest BCUT2D eigenvalue weighted by Gasteiger charge is 2.31. The highest BCUT2D eigenvalue weighted by Crippen LogP contribution is 2.36. The van der Waals surface area contributed by atoms with Crippen LogP contribution in [0.25, 0.3) is 22.2 Å². The molecule has 9 heteroatoms. The van der Waals surface area contributed by atoms with Crippen molar-refractivity contribution in [2.75, 3.05) is 5.73 Å². The minimum Gasteiger partial charge on any atom is -0.382 e. The van der Waals surface area contributed by atoms with Gasteiger partial charge in [0.05, 0.1) is 22.1 Å². The van der Waals surface area contributed by atoms with Gasteiger partial charge >= 0.3 is 0 Å². The lowest BCUT2D eigenvalue weighted by Gasteiger charge is -2.09. The summed E-state index contributed by atoms with van der Waals surface area (Å²) in [7, 11) is -4.03. The van der Waals surface area contributed by atoms with Gasteiger partial charge < -0.3 is 5.73 Å². The molecule has 2 aromatic heterocycles. The van der Waals surface area contributed by atoms with Crippen LogP contribution in [0.1, 0.15) is 16.7 Å². The summed E-state index contributed by atoms with van der Waals surface area (Å²) < 4.78 is 29.1. The average Bonchev–Trinajstić information content (AvgIpc) is 3.09. The lowest BCUT2D eigenvalue weighted by Crippen LogP contribution is -2.08. The summed E-state index contributed by atoms with van der Waals surface area (Å²) in [6, 6.07) is 19.6. The fraction of sp³-hybridized carbons (Fsp3) is 0.0800. The van der Waals surface area contributed by atoms with Crippen LogP contribution in [0.5, 0.6) is 0 Å². The monoisotopic (exact) mass is 489 g/mol. The molecule has 0 fully saturated rings. The van der Waals surface area contributed by atoms with Crippen molar-refractivity contribution < 1.29 is 8.42 Å². The van der Waals surface area contributed by atoms with E-state index in [1.807, 2.05) is 25.1 Å². The van der Waals surface area contributed by atoms with Crippen molar-refractivity contribution in [3.05, 3.63) is 88.4 Å². The van der Waals surface area contributed by atoms with Crippen molar-refractivity contribution in [2.24, 2.45) is 5.10 Å². The Kier molecular flexibility index (Phi) is 5.34. The number of benzene rings is 3. The van der Waals surface area contributed by atoms with E-state index in [-0.39, 0.29) is 26.8 Å². The van der Waals surface area contributed by atoms with E-state index in [4.69, 9.17) is 17.3 Å². The minimum absolute atomic E-state index is 0.0589. The summed E-state index contributed by atoms with van der Waals surface area (Å²) in [6.07, 6.45) is 1.57. The molecule has 0 aliphatic rings. The molecule has 0 bridgehead atoms. The second-order valence-electron chi connectivity index (χ2n) is 7.98. The lowest BCUT2D eigenvalue weighted by molar-refractivity contribution is 0.596. The Hall–Kier alpha value is -3.75. The van der Waals surface area contributed by atoms with E-state index in [0.717, 1.165) is 11.1 Å². The number of halogens is 1. The predicted octanol–water partition coefficient (Wildman–Crippen LogP) is 5.15. The fourth-order valence-electron chi connectivity index (χ4n) is 3.78. The molecule has 5 rings (SSSR count). The van der Waals surface area contributed by atoms with Crippen molar-refractivity contribution >= 4 is 55.7 Å². The Morgan fingerprint density at radius 2 is 1.65 bits per heavy atom. The Labute approximate surface area is 201 Å². The maximum atomic E-state index is 13.9. The Morgan fingerprint density at radius 3 is 2.35 bits per heavy atom. The zero-order chi connectivity index (χ0) is 24.0. The number of hydrogen-bond donors (Lipinski definition) is 1. The van der Waals surface area contributed by atoms with E-state index >= 15 is 0 Å². The Balaban J connectivity index is 1.81. The number of sulfone groups is 1. The third kappa shape index (κ3) is 3.70. The quantitative estimate of drug-likeness (QED) is 0.351. The molecule has 0 spiro atoms. The average molecular weight is 490 g/mol. The van der Waals surface area contributed by atoms with Crippen LogP contribution < -0.4 is 5.73 Å². The van der Waals surface area contributed by atoms with E-state index in [2.05, 4.69) is 15.1 Å². The van der Waals surface area contributed by atoms with Crippen LogP contribution in [-0.4, -0.2) is 29.3 Å². The van der Waals surface area contributed by atoms with Crippen LogP contribution in [0.15, 0.2) is 81.6 Å². The second kappa shape index (κ2) is 8.23. The molecule has 170 valence electrons. The molecule has 34 heavy (non-hydrogen) atoms. The summed E-state index contributed by atoms with van der Waals surface area (Å²) in [5.74, 6) is -0.0589. The first kappa shape index (κ1) is 22.1. The zero-order valence-electron chi connectivity index (χ0n) is 18.4. The van der Waals surface area contributed by atoms with Crippen LogP contribution in [-0.2, 0) is 9.84 Å². The number of fused-ring (bicyclic) bond motifs is 2. The van der Waals surface area contributed by atoms with Gasteiger partial charge in [0.25, 0.3) is 0 Å². The SMILES string of the molecule is Cc1ccc(C)c(S(=O)(=O)c2c(N)n(N=Cc3ccc(Cl)cc3)c3nc4ccccc4nc23)c1. The standard InChI is InChI=1S/C25H20ClN5O2S/c1-15-7-8-16(2)21(13-15)34(32,33)23-22-25(30-20-6-4-3-5-19(20)29-22)31(24(23)27)28-14-17-9-11-18(26)12-10-17/h3-14H,27H2,1-2H3. The van der Waals surface area contributed by atoms with Crippen molar-refractivity contribution in [2.45, 2.75) is 23.6 Å². The molecule has 0 radical (unpaired) electrons. The molecule has 2 heterocycles. The number of nitrogen functional groups attached to an aromatic ring is 1. The van der Waals surface area contributed by atoms with E-state index < -0.39 is 9.84 Å². The zero-order valence-corrected chi connectivity index (χ0v) is 20.0. The van der Waals surface area contributed by atoms with E-state index in [1.54, 1.807) is 61.7 Å². The predicted molar refractivity (Wildman–Crippen MR) is 135 cm³/mol. The van der Waals surface area contributed by atoms with Gasteiger partial charge in [0.2, 0.25) is 9.84 Å². The largest absolute Gasteiger partial charge is 0.382 e. The number of para-hydroxylation sites is 2. The van der Waals surface area contributed by atoms with Crippen molar-refractivity contribution in [1.29, 1.82) is 0 Å². The first-order valence-electron chi connectivity index (χ1n) is 10.4. The van der Waals surface area contributed by atoms with Gasteiger partial charge in [-0.05, 0) is 60.9 Å². The van der Waals surface area contributed by atoms with Gasteiger partial charge in [-0.2, -0.15) is 9.78 Å². The molecule has 0 atom stereocenters. The van der Waals surface area contributed by atoms with E-state index in [0.29, 0.717) is 21.6 Å². The number of hydrogen-bond acceptors (Lipinski definition) is 6. The molecule has 7 nitrogen and oxygen atoms in total. The second-order valence-corrected chi connectivity index (χ2v) is 10.3. The highest BCUT2D eigenvalue weighted by molar-refractivity contribution is 7.92. The Morgan fingerprint density at radius 1 is 0.971 bits per heavy atom. The van der Waals surface area contributed by atoms with Gasteiger partial charge in [0.1, 0.15) is 16.2 Å². The number of nitrogens with zero attached hydrogens (tertiary/aromatic N) is 4. The number of aromatic nitrogens is 3. The topological polar surface area (TPSA) is 103 Å². The molecule has 0 amide bonds. The van der Waals surface area contributed by atoms with E-state index in [9.17, 15) is 8.42 Å². The molecule has 0 saturated carbocycles. The molecule has 0 unspecified atom stereocenters. The highest BCUT2D eigenvalue weighted by atomic mass is 35.5. The van der Waals surface area contributed by atoms with Gasteiger partial charge in [-0.3, -0.25) is 0 Å². The van der Waals surface area contributed by atoms with Gasteiger partial charge in [0, 0.05) is 5.02 Å². The summed E-state index contributed by atoms with van der Waals surface area (Å²) in [5.41, 5.74) is 10.2. The number of aryl methyl sites for hydroxylation is 2. The van der Waals surface area contributed by atoms with Gasteiger partial charge in [-0.15, -0.1) is 0 Å². The molecular formula is C25H20ClN5O2S.